The first-order valence-electron chi connectivity index (χ1n) is 8.97. The van der Waals surface area contributed by atoms with Gasteiger partial charge in [0.05, 0.1) is 12.7 Å². The van der Waals surface area contributed by atoms with E-state index in [4.69, 9.17) is 0 Å². The predicted octanol–water partition coefficient (Wildman–Crippen LogP) is 3.89. The Morgan fingerprint density at radius 3 is 2.61 bits per heavy atom. The van der Waals surface area contributed by atoms with Crippen LogP contribution in [-0.4, -0.2) is 32.8 Å². The van der Waals surface area contributed by atoms with Gasteiger partial charge in [0.15, 0.2) is 5.69 Å². The molecule has 0 radical (unpaired) electrons. The molecule has 0 saturated heterocycles. The van der Waals surface area contributed by atoms with Crippen LogP contribution in [0.3, 0.4) is 0 Å². The Labute approximate surface area is 162 Å². The molecule has 0 atom stereocenters. The molecule has 3 aromatic carbocycles. The van der Waals surface area contributed by atoms with Crippen LogP contribution in [0.5, 0.6) is 0 Å². The van der Waals surface area contributed by atoms with Crippen molar-refractivity contribution in [1.82, 2.24) is 19.9 Å². The molecule has 4 rings (SSSR count). The van der Waals surface area contributed by atoms with Gasteiger partial charge in [0.2, 0.25) is 0 Å². The summed E-state index contributed by atoms with van der Waals surface area (Å²) in [6.45, 7) is 0.901. The Hall–Kier alpha value is -3.54. The van der Waals surface area contributed by atoms with Crippen LogP contribution in [0.15, 0.2) is 72.9 Å². The van der Waals surface area contributed by atoms with Gasteiger partial charge in [-0.05, 0) is 34.0 Å². The zero-order valence-electron chi connectivity index (χ0n) is 15.4. The van der Waals surface area contributed by atoms with Gasteiger partial charge in [0, 0.05) is 13.6 Å². The first-order valence-corrected chi connectivity index (χ1v) is 8.97. The van der Waals surface area contributed by atoms with Crippen molar-refractivity contribution in [3.8, 4) is 0 Å². The highest BCUT2D eigenvalue weighted by atomic mass is 19.1. The van der Waals surface area contributed by atoms with E-state index in [-0.39, 0.29) is 17.4 Å². The van der Waals surface area contributed by atoms with E-state index in [1.807, 2.05) is 24.3 Å². The summed E-state index contributed by atoms with van der Waals surface area (Å²) in [6, 6.07) is 20.4. The molecule has 0 spiro atoms. The van der Waals surface area contributed by atoms with E-state index >= 15 is 0 Å². The van der Waals surface area contributed by atoms with E-state index in [9.17, 15) is 9.18 Å². The maximum atomic E-state index is 13.0. The van der Waals surface area contributed by atoms with Crippen molar-refractivity contribution in [2.75, 3.05) is 7.05 Å². The van der Waals surface area contributed by atoms with E-state index < -0.39 is 0 Å². The topological polar surface area (TPSA) is 51.0 Å². The maximum Gasteiger partial charge on any atom is 0.276 e. The minimum Gasteiger partial charge on any atom is -0.336 e. The number of fused-ring (bicyclic) bond motifs is 1. The van der Waals surface area contributed by atoms with Crippen LogP contribution in [0.2, 0.25) is 0 Å². The van der Waals surface area contributed by atoms with E-state index in [0.717, 1.165) is 21.9 Å². The van der Waals surface area contributed by atoms with Crippen LogP contribution < -0.4 is 0 Å². The van der Waals surface area contributed by atoms with Crippen LogP contribution >= 0.6 is 0 Å². The van der Waals surface area contributed by atoms with Crippen molar-refractivity contribution in [2.24, 2.45) is 0 Å². The van der Waals surface area contributed by atoms with Gasteiger partial charge in [-0.2, -0.15) is 0 Å². The van der Waals surface area contributed by atoms with Crippen molar-refractivity contribution >= 4 is 16.7 Å². The number of carbonyl (C=O) groups excluding carboxylic acids is 1. The molecule has 4 aromatic rings. The van der Waals surface area contributed by atoms with Crippen molar-refractivity contribution in [3.05, 3.63) is 95.6 Å². The minimum atomic E-state index is -0.297. The van der Waals surface area contributed by atoms with Gasteiger partial charge >= 0.3 is 0 Å². The third-order valence-electron chi connectivity index (χ3n) is 4.65. The second kappa shape index (κ2) is 7.60. The highest BCUT2D eigenvalue weighted by molar-refractivity contribution is 5.91. The quantitative estimate of drug-likeness (QED) is 0.533. The maximum absolute atomic E-state index is 13.0. The fourth-order valence-electron chi connectivity index (χ4n) is 3.21. The van der Waals surface area contributed by atoms with E-state index in [2.05, 4.69) is 28.5 Å². The monoisotopic (exact) mass is 374 g/mol. The Balaban J connectivity index is 1.49. The second-order valence-corrected chi connectivity index (χ2v) is 6.73. The average molecular weight is 374 g/mol. The Kier molecular flexibility index (Phi) is 4.85. The summed E-state index contributed by atoms with van der Waals surface area (Å²) in [5.74, 6) is -0.525. The molecule has 0 aliphatic rings. The van der Waals surface area contributed by atoms with Crippen LogP contribution in [0, 0.1) is 5.82 Å². The highest BCUT2D eigenvalue weighted by Crippen LogP contribution is 2.19. The van der Waals surface area contributed by atoms with Gasteiger partial charge in [-0.1, -0.05) is 59.8 Å². The fraction of sp³-hybridized carbons (Fsp3) is 0.136. The van der Waals surface area contributed by atoms with Crippen LogP contribution in [0.1, 0.15) is 21.6 Å². The third kappa shape index (κ3) is 3.76. The molecule has 0 unspecified atom stereocenters. The summed E-state index contributed by atoms with van der Waals surface area (Å²) < 4.78 is 14.7. The molecule has 0 bridgehead atoms. The van der Waals surface area contributed by atoms with Crippen LogP contribution in [0.4, 0.5) is 4.39 Å². The van der Waals surface area contributed by atoms with Gasteiger partial charge in [-0.15, -0.1) is 5.10 Å². The summed E-state index contributed by atoms with van der Waals surface area (Å²) in [5, 5.41) is 10.5. The largest absolute Gasteiger partial charge is 0.336 e. The van der Waals surface area contributed by atoms with Gasteiger partial charge in [-0.3, -0.25) is 4.79 Å². The van der Waals surface area contributed by atoms with Gasteiger partial charge in [-0.25, -0.2) is 9.07 Å². The van der Waals surface area contributed by atoms with Crippen LogP contribution in [-0.2, 0) is 13.1 Å². The number of carbonyl (C=O) groups is 1. The van der Waals surface area contributed by atoms with Gasteiger partial charge in [0.25, 0.3) is 5.91 Å². The second-order valence-electron chi connectivity index (χ2n) is 6.73. The van der Waals surface area contributed by atoms with Crippen molar-refractivity contribution in [3.63, 3.8) is 0 Å². The summed E-state index contributed by atoms with van der Waals surface area (Å²) in [7, 11) is 1.69. The molecule has 28 heavy (non-hydrogen) atoms. The van der Waals surface area contributed by atoms with Crippen molar-refractivity contribution < 1.29 is 9.18 Å². The number of hydrogen-bond acceptors (Lipinski definition) is 3. The summed E-state index contributed by atoms with van der Waals surface area (Å²) in [4.78, 5) is 14.2. The smallest absolute Gasteiger partial charge is 0.276 e. The number of nitrogens with zero attached hydrogens (tertiary/aromatic N) is 4. The number of rotatable bonds is 5. The Morgan fingerprint density at radius 2 is 1.79 bits per heavy atom. The lowest BCUT2D eigenvalue weighted by Crippen LogP contribution is -2.26. The molecular formula is C22H19FN4O. The molecule has 0 aliphatic heterocycles. The molecule has 0 fully saturated rings. The van der Waals surface area contributed by atoms with E-state index in [1.54, 1.807) is 35.0 Å². The molecule has 6 heteroatoms. The predicted molar refractivity (Wildman–Crippen MR) is 105 cm³/mol. The zero-order chi connectivity index (χ0) is 19.5. The SMILES string of the molecule is CN(Cc1ccc(F)cc1)C(=O)c1cn(Cc2cccc3ccccc23)nn1. The molecule has 1 aromatic heterocycles. The summed E-state index contributed by atoms with van der Waals surface area (Å²) >= 11 is 0. The highest BCUT2D eigenvalue weighted by Gasteiger charge is 2.16. The Morgan fingerprint density at radius 1 is 1.04 bits per heavy atom. The van der Waals surface area contributed by atoms with Crippen molar-refractivity contribution in [1.29, 1.82) is 0 Å². The lowest BCUT2D eigenvalue weighted by atomic mass is 10.0. The molecule has 1 heterocycles. The molecule has 0 aliphatic carbocycles. The molecule has 140 valence electrons. The van der Waals surface area contributed by atoms with Gasteiger partial charge in [0.1, 0.15) is 5.82 Å². The fourth-order valence-corrected chi connectivity index (χ4v) is 3.21. The average Bonchev–Trinajstić information content (AvgIpc) is 3.18. The molecular weight excluding hydrogens is 355 g/mol. The Bertz CT molecular complexity index is 1120. The number of amides is 1. The van der Waals surface area contributed by atoms with Gasteiger partial charge < -0.3 is 4.90 Å². The first kappa shape index (κ1) is 17.9. The summed E-state index contributed by atoms with van der Waals surface area (Å²) in [5.41, 5.74) is 2.24. The van der Waals surface area contributed by atoms with Crippen LogP contribution in [0.25, 0.3) is 10.8 Å². The number of halogens is 1. The zero-order valence-corrected chi connectivity index (χ0v) is 15.4. The normalized spacial score (nSPS) is 10.9. The molecule has 0 N–H and O–H groups in total. The lowest BCUT2D eigenvalue weighted by Gasteiger charge is -2.15. The van der Waals surface area contributed by atoms with E-state index in [0.29, 0.717) is 13.1 Å². The molecule has 0 saturated carbocycles. The number of benzene rings is 3. The lowest BCUT2D eigenvalue weighted by molar-refractivity contribution is 0.0779. The molecule has 1 amide bonds. The third-order valence-corrected chi connectivity index (χ3v) is 4.65. The molecule has 5 nitrogen and oxygen atoms in total. The standard InChI is InChI=1S/C22H19FN4O/c1-26(13-16-9-11-19(23)12-10-16)22(28)21-15-27(25-24-21)14-18-7-4-6-17-5-2-3-8-20(17)18/h2-12,15H,13-14H2,1H3. The number of aromatic nitrogens is 3. The minimum absolute atomic E-state index is 0.228. The number of hydrogen-bond donors (Lipinski definition) is 0. The summed E-state index contributed by atoms with van der Waals surface area (Å²) in [6.07, 6.45) is 1.66. The van der Waals surface area contributed by atoms with Crippen molar-refractivity contribution in [2.45, 2.75) is 13.1 Å². The first-order chi connectivity index (χ1) is 13.6. The van der Waals surface area contributed by atoms with E-state index in [1.165, 1.54) is 12.1 Å².